The zero-order valence-electron chi connectivity index (χ0n) is 7.16. The van der Waals surface area contributed by atoms with Crippen LogP contribution in [0.25, 0.3) is 0 Å². The number of aliphatic hydroxyl groups is 2. The van der Waals surface area contributed by atoms with Crippen LogP contribution in [-0.4, -0.2) is 22.9 Å². The largest absolute Gasteiger partial charge is 0.396 e. The lowest BCUT2D eigenvalue weighted by molar-refractivity contribution is 0.0827. The molecule has 0 aliphatic heterocycles. The second-order valence-corrected chi connectivity index (χ2v) is 2.92. The van der Waals surface area contributed by atoms with Crippen LogP contribution in [0.15, 0.2) is 12.7 Å². The van der Waals surface area contributed by atoms with Crippen molar-refractivity contribution >= 4 is 0 Å². The van der Waals surface area contributed by atoms with Crippen LogP contribution < -0.4 is 0 Å². The van der Waals surface area contributed by atoms with Gasteiger partial charge >= 0.3 is 0 Å². The lowest BCUT2D eigenvalue weighted by atomic mass is 9.97. The summed E-state index contributed by atoms with van der Waals surface area (Å²) in [4.78, 5) is 0. The Morgan fingerprint density at radius 2 is 2.09 bits per heavy atom. The first kappa shape index (κ1) is 10.7. The molecule has 2 nitrogen and oxygen atoms in total. The molecule has 2 heteroatoms. The number of aliphatic hydroxyl groups excluding tert-OH is 2. The van der Waals surface area contributed by atoms with Crippen LogP contribution in [0.3, 0.4) is 0 Å². The monoisotopic (exact) mass is 158 g/mol. The van der Waals surface area contributed by atoms with Crippen LogP contribution in [0.1, 0.15) is 26.2 Å². The van der Waals surface area contributed by atoms with Crippen molar-refractivity contribution in [3.63, 3.8) is 0 Å². The van der Waals surface area contributed by atoms with Gasteiger partial charge in [0.15, 0.2) is 0 Å². The molecule has 0 radical (unpaired) electrons. The van der Waals surface area contributed by atoms with Gasteiger partial charge in [0.05, 0.1) is 6.10 Å². The molecule has 11 heavy (non-hydrogen) atoms. The maximum atomic E-state index is 9.35. The summed E-state index contributed by atoms with van der Waals surface area (Å²) in [6.07, 6.45) is 3.86. The molecule has 0 aliphatic rings. The molecular formula is C9H18O2. The fourth-order valence-electron chi connectivity index (χ4n) is 0.990. The maximum absolute atomic E-state index is 9.35. The van der Waals surface area contributed by atoms with Crippen LogP contribution in [-0.2, 0) is 0 Å². The van der Waals surface area contributed by atoms with Gasteiger partial charge in [-0.25, -0.2) is 0 Å². The molecule has 0 bridgehead atoms. The van der Waals surface area contributed by atoms with E-state index in [1.165, 1.54) is 0 Å². The van der Waals surface area contributed by atoms with Gasteiger partial charge in [0.2, 0.25) is 0 Å². The molecule has 0 saturated carbocycles. The predicted octanol–water partition coefficient (Wildman–Crippen LogP) is 1.33. The highest BCUT2D eigenvalue weighted by atomic mass is 16.3. The quantitative estimate of drug-likeness (QED) is 0.572. The first-order chi connectivity index (χ1) is 5.22. The van der Waals surface area contributed by atoms with E-state index in [0.717, 1.165) is 12.8 Å². The highest BCUT2D eigenvalue weighted by Gasteiger charge is 2.11. The van der Waals surface area contributed by atoms with E-state index < -0.39 is 0 Å². The van der Waals surface area contributed by atoms with E-state index >= 15 is 0 Å². The number of allylic oxidation sites excluding steroid dienone is 1. The van der Waals surface area contributed by atoms with Crippen LogP contribution in [0, 0.1) is 5.92 Å². The van der Waals surface area contributed by atoms with Crippen molar-refractivity contribution in [3.8, 4) is 0 Å². The summed E-state index contributed by atoms with van der Waals surface area (Å²) in [7, 11) is 0. The van der Waals surface area contributed by atoms with Crippen molar-refractivity contribution in [3.05, 3.63) is 12.7 Å². The minimum atomic E-state index is -0.361. The van der Waals surface area contributed by atoms with Gasteiger partial charge in [-0.15, -0.1) is 6.58 Å². The minimum absolute atomic E-state index is 0.0690. The Balaban J connectivity index is 3.45. The average Bonchev–Trinajstić information content (AvgIpc) is 2.00. The summed E-state index contributed by atoms with van der Waals surface area (Å²) in [5, 5.41) is 17.9. The lowest BCUT2D eigenvalue weighted by Gasteiger charge is -2.16. The van der Waals surface area contributed by atoms with Crippen LogP contribution in [0.4, 0.5) is 0 Å². The lowest BCUT2D eigenvalue weighted by Crippen LogP contribution is -2.18. The molecule has 2 atom stereocenters. The Labute approximate surface area is 68.6 Å². The smallest absolute Gasteiger partial charge is 0.0587 e. The van der Waals surface area contributed by atoms with E-state index in [2.05, 4.69) is 6.58 Å². The zero-order valence-corrected chi connectivity index (χ0v) is 7.16. The molecule has 0 fully saturated rings. The van der Waals surface area contributed by atoms with Crippen LogP contribution >= 0.6 is 0 Å². The summed E-state index contributed by atoms with van der Waals surface area (Å²) in [5.41, 5.74) is 0. The van der Waals surface area contributed by atoms with Crippen molar-refractivity contribution in [1.82, 2.24) is 0 Å². The molecule has 2 N–H and O–H groups in total. The van der Waals surface area contributed by atoms with E-state index in [4.69, 9.17) is 5.11 Å². The molecule has 0 rings (SSSR count). The summed E-state index contributed by atoms with van der Waals surface area (Å²) >= 11 is 0. The van der Waals surface area contributed by atoms with Crippen LogP contribution in [0.5, 0.6) is 0 Å². The highest BCUT2D eigenvalue weighted by Crippen LogP contribution is 2.13. The molecule has 0 aromatic rings. The standard InChI is InChI=1S/C9H18O2/c1-3-4-5-8(2)9(11)6-7-10/h3,8-11H,1,4-7H2,2H3. The molecule has 0 aromatic carbocycles. The minimum Gasteiger partial charge on any atom is -0.396 e. The van der Waals surface area contributed by atoms with Gasteiger partial charge in [0.25, 0.3) is 0 Å². The van der Waals surface area contributed by atoms with Crippen molar-refractivity contribution < 1.29 is 10.2 Å². The Kier molecular flexibility index (Phi) is 6.18. The van der Waals surface area contributed by atoms with Crippen molar-refractivity contribution in [2.24, 2.45) is 5.92 Å². The summed E-state index contributed by atoms with van der Waals surface area (Å²) < 4.78 is 0. The van der Waals surface area contributed by atoms with Gasteiger partial charge in [-0.2, -0.15) is 0 Å². The van der Waals surface area contributed by atoms with E-state index in [1.807, 2.05) is 13.0 Å². The normalized spacial score (nSPS) is 15.9. The maximum Gasteiger partial charge on any atom is 0.0587 e. The van der Waals surface area contributed by atoms with Gasteiger partial charge in [-0.3, -0.25) is 0 Å². The van der Waals surface area contributed by atoms with Gasteiger partial charge in [0.1, 0.15) is 0 Å². The molecule has 0 spiro atoms. The Bertz CT molecular complexity index is 102. The Morgan fingerprint density at radius 1 is 1.45 bits per heavy atom. The Hall–Kier alpha value is -0.340. The fraction of sp³-hybridized carbons (Fsp3) is 0.778. The molecule has 66 valence electrons. The summed E-state index contributed by atoms with van der Waals surface area (Å²) in [5.74, 6) is 0.264. The third kappa shape index (κ3) is 4.99. The summed E-state index contributed by atoms with van der Waals surface area (Å²) in [6.45, 7) is 5.67. The second-order valence-electron chi connectivity index (χ2n) is 2.92. The van der Waals surface area contributed by atoms with E-state index in [-0.39, 0.29) is 18.6 Å². The first-order valence-corrected chi connectivity index (χ1v) is 4.12. The van der Waals surface area contributed by atoms with E-state index in [1.54, 1.807) is 0 Å². The van der Waals surface area contributed by atoms with E-state index in [0.29, 0.717) is 6.42 Å². The molecule has 0 heterocycles. The molecule has 0 saturated heterocycles. The van der Waals surface area contributed by atoms with Crippen molar-refractivity contribution in [2.75, 3.05) is 6.61 Å². The number of hydrogen-bond acceptors (Lipinski definition) is 2. The SMILES string of the molecule is C=CCCC(C)C(O)CCO. The highest BCUT2D eigenvalue weighted by molar-refractivity contribution is 4.71. The molecule has 0 aliphatic carbocycles. The molecule has 0 amide bonds. The van der Waals surface area contributed by atoms with E-state index in [9.17, 15) is 5.11 Å². The average molecular weight is 158 g/mol. The van der Waals surface area contributed by atoms with Gasteiger partial charge in [-0.1, -0.05) is 13.0 Å². The molecule has 0 aromatic heterocycles. The second kappa shape index (κ2) is 6.38. The number of rotatable bonds is 6. The van der Waals surface area contributed by atoms with Crippen LogP contribution in [0.2, 0.25) is 0 Å². The topological polar surface area (TPSA) is 40.5 Å². The molecule has 2 unspecified atom stereocenters. The van der Waals surface area contributed by atoms with Gasteiger partial charge in [-0.05, 0) is 25.2 Å². The van der Waals surface area contributed by atoms with Crippen molar-refractivity contribution in [2.45, 2.75) is 32.3 Å². The number of hydrogen-bond donors (Lipinski definition) is 2. The van der Waals surface area contributed by atoms with Gasteiger partial charge in [0, 0.05) is 6.61 Å². The predicted molar refractivity (Wildman–Crippen MR) is 46.3 cm³/mol. The zero-order chi connectivity index (χ0) is 8.69. The molecular weight excluding hydrogens is 140 g/mol. The van der Waals surface area contributed by atoms with Gasteiger partial charge < -0.3 is 10.2 Å². The summed E-state index contributed by atoms with van der Waals surface area (Å²) in [6, 6.07) is 0. The first-order valence-electron chi connectivity index (χ1n) is 4.12. The third-order valence-corrected chi connectivity index (χ3v) is 1.91. The van der Waals surface area contributed by atoms with Crippen molar-refractivity contribution in [1.29, 1.82) is 0 Å². The third-order valence-electron chi connectivity index (χ3n) is 1.91. The Morgan fingerprint density at radius 3 is 2.55 bits per heavy atom. The fourth-order valence-corrected chi connectivity index (χ4v) is 0.990.